The van der Waals surface area contributed by atoms with E-state index < -0.39 is 0 Å². The number of hydrogen-bond acceptors (Lipinski definition) is 2. The van der Waals surface area contributed by atoms with E-state index in [9.17, 15) is 4.79 Å². The van der Waals surface area contributed by atoms with Crippen molar-refractivity contribution >= 4 is 27.7 Å². The summed E-state index contributed by atoms with van der Waals surface area (Å²) in [6.45, 7) is 0. The average Bonchev–Trinajstić information content (AvgIpc) is 2.78. The van der Waals surface area contributed by atoms with Gasteiger partial charge in [0.15, 0.2) is 0 Å². The van der Waals surface area contributed by atoms with Crippen molar-refractivity contribution in [2.45, 2.75) is 12.8 Å². The van der Waals surface area contributed by atoms with Gasteiger partial charge in [0.1, 0.15) is 0 Å². The first-order valence-corrected chi connectivity index (χ1v) is 6.72. The minimum Gasteiger partial charge on any atom is -0.359 e. The minimum absolute atomic E-state index is 0.0753. The van der Waals surface area contributed by atoms with Crippen LogP contribution >= 0.6 is 0 Å². The van der Waals surface area contributed by atoms with Crippen LogP contribution in [-0.4, -0.2) is 22.5 Å². The van der Waals surface area contributed by atoms with Gasteiger partial charge >= 0.3 is 0 Å². The normalized spacial score (nSPS) is 11.1. The molecule has 4 heteroatoms. The molecule has 0 aliphatic heterocycles. The Bertz CT molecular complexity index is 789. The van der Waals surface area contributed by atoms with Crippen molar-refractivity contribution < 1.29 is 4.79 Å². The van der Waals surface area contributed by atoms with Gasteiger partial charge in [-0.15, -0.1) is 0 Å². The summed E-state index contributed by atoms with van der Waals surface area (Å²) in [4.78, 5) is 15.5. The molecule has 0 spiro atoms. The molecule has 1 N–H and O–H groups in total. The van der Waals surface area contributed by atoms with Gasteiger partial charge in [-0.3, -0.25) is 9.78 Å². The van der Waals surface area contributed by atoms with E-state index in [0.717, 1.165) is 6.42 Å². The van der Waals surface area contributed by atoms with Gasteiger partial charge in [-0.05, 0) is 24.1 Å². The Morgan fingerprint density at radius 2 is 2.10 bits per heavy atom. The highest BCUT2D eigenvalue weighted by molar-refractivity contribution is 6.07. The number of amides is 1. The number of carbonyl (C=O) groups excluding carboxylic acids is 1. The topological polar surface area (TPSA) is 46.9 Å². The number of aryl methyl sites for hydroxylation is 2. The van der Waals surface area contributed by atoms with Crippen LogP contribution < -0.4 is 5.32 Å². The molecule has 3 aromatic rings. The van der Waals surface area contributed by atoms with Crippen LogP contribution in [0.2, 0.25) is 0 Å². The third kappa shape index (κ3) is 2.03. The van der Waals surface area contributed by atoms with Crippen molar-refractivity contribution in [1.29, 1.82) is 0 Å². The number of aromatic nitrogens is 2. The fourth-order valence-corrected chi connectivity index (χ4v) is 2.64. The zero-order valence-corrected chi connectivity index (χ0v) is 11.7. The van der Waals surface area contributed by atoms with Gasteiger partial charge in [-0.1, -0.05) is 12.1 Å². The van der Waals surface area contributed by atoms with E-state index in [1.165, 1.54) is 27.4 Å². The third-order valence-corrected chi connectivity index (χ3v) is 3.79. The molecule has 0 bridgehead atoms. The van der Waals surface area contributed by atoms with Crippen LogP contribution in [0, 0.1) is 0 Å². The Hall–Kier alpha value is -2.36. The highest BCUT2D eigenvalue weighted by atomic mass is 16.1. The zero-order valence-electron chi connectivity index (χ0n) is 11.7. The first-order chi connectivity index (χ1) is 9.70. The van der Waals surface area contributed by atoms with Gasteiger partial charge in [-0.2, -0.15) is 0 Å². The maximum Gasteiger partial charge on any atom is 0.220 e. The van der Waals surface area contributed by atoms with Gasteiger partial charge < -0.3 is 9.88 Å². The number of rotatable bonds is 3. The van der Waals surface area contributed by atoms with Crippen molar-refractivity contribution in [3.05, 3.63) is 42.2 Å². The lowest BCUT2D eigenvalue weighted by Crippen LogP contribution is -2.17. The van der Waals surface area contributed by atoms with E-state index in [-0.39, 0.29) is 5.91 Å². The lowest BCUT2D eigenvalue weighted by Gasteiger charge is -2.03. The molecular weight excluding hydrogens is 250 g/mol. The zero-order chi connectivity index (χ0) is 14.1. The molecule has 0 saturated heterocycles. The van der Waals surface area contributed by atoms with Gasteiger partial charge in [0.2, 0.25) is 5.91 Å². The quantitative estimate of drug-likeness (QED) is 0.792. The summed E-state index contributed by atoms with van der Waals surface area (Å²) >= 11 is 0. The van der Waals surface area contributed by atoms with Crippen molar-refractivity contribution in [1.82, 2.24) is 14.9 Å². The lowest BCUT2D eigenvalue weighted by atomic mass is 10.1. The second kappa shape index (κ2) is 4.96. The number of carbonyl (C=O) groups is 1. The van der Waals surface area contributed by atoms with Gasteiger partial charge in [0.25, 0.3) is 0 Å². The summed E-state index contributed by atoms with van der Waals surface area (Å²) in [6, 6.07) is 8.41. The molecule has 2 aromatic heterocycles. The Kier molecular flexibility index (Phi) is 3.14. The van der Waals surface area contributed by atoms with Crippen LogP contribution in [0.4, 0.5) is 0 Å². The molecule has 1 amide bonds. The van der Waals surface area contributed by atoms with Crippen LogP contribution in [0.15, 0.2) is 36.7 Å². The van der Waals surface area contributed by atoms with Crippen LogP contribution in [0.3, 0.4) is 0 Å². The Morgan fingerprint density at radius 3 is 2.90 bits per heavy atom. The molecule has 3 rings (SSSR count). The third-order valence-electron chi connectivity index (χ3n) is 3.79. The predicted octanol–water partition coefficient (Wildman–Crippen LogP) is 2.41. The van der Waals surface area contributed by atoms with Crippen LogP contribution in [0.5, 0.6) is 0 Å². The Balaban J connectivity index is 2.05. The van der Waals surface area contributed by atoms with E-state index in [1.807, 2.05) is 18.5 Å². The molecule has 0 unspecified atom stereocenters. The number of nitrogens with one attached hydrogen (secondary N) is 1. The van der Waals surface area contributed by atoms with Crippen molar-refractivity contribution in [3.63, 3.8) is 0 Å². The first-order valence-electron chi connectivity index (χ1n) is 6.72. The van der Waals surface area contributed by atoms with Gasteiger partial charge in [0.05, 0.1) is 5.52 Å². The van der Waals surface area contributed by atoms with Crippen LogP contribution in [0.1, 0.15) is 12.0 Å². The second-order valence-electron chi connectivity index (χ2n) is 4.98. The molecule has 0 aliphatic rings. The minimum atomic E-state index is 0.0753. The van der Waals surface area contributed by atoms with Crippen LogP contribution in [-0.2, 0) is 18.3 Å². The van der Waals surface area contributed by atoms with E-state index in [0.29, 0.717) is 6.42 Å². The molecule has 2 heterocycles. The molecule has 0 fully saturated rings. The van der Waals surface area contributed by atoms with E-state index in [4.69, 9.17) is 0 Å². The van der Waals surface area contributed by atoms with Crippen molar-refractivity contribution in [2.24, 2.45) is 7.05 Å². The summed E-state index contributed by atoms with van der Waals surface area (Å²) in [7, 11) is 3.73. The maximum absolute atomic E-state index is 11.3. The molecule has 4 nitrogen and oxygen atoms in total. The second-order valence-corrected chi connectivity index (χ2v) is 4.98. The van der Waals surface area contributed by atoms with Gasteiger partial charge in [0, 0.05) is 49.2 Å². The van der Waals surface area contributed by atoms with E-state index >= 15 is 0 Å². The standard InChI is InChI=1S/C16H17N3O/c1-17-16(20)6-4-11-3-5-12-13-10-18-8-7-14(13)19(2)15(12)9-11/h3,5,7-10H,4,6H2,1-2H3,(H,17,20). The van der Waals surface area contributed by atoms with Crippen molar-refractivity contribution in [2.75, 3.05) is 7.05 Å². The van der Waals surface area contributed by atoms with Gasteiger partial charge in [-0.25, -0.2) is 0 Å². The largest absolute Gasteiger partial charge is 0.359 e. The SMILES string of the molecule is CNC(=O)CCc1ccc2c3cnccc3n(C)c2c1. The van der Waals surface area contributed by atoms with E-state index in [1.54, 1.807) is 7.05 Å². The van der Waals surface area contributed by atoms with E-state index in [2.05, 4.69) is 40.1 Å². The lowest BCUT2D eigenvalue weighted by molar-refractivity contribution is -0.120. The molecule has 20 heavy (non-hydrogen) atoms. The summed E-state index contributed by atoms with van der Waals surface area (Å²) in [5.41, 5.74) is 3.54. The average molecular weight is 267 g/mol. The summed E-state index contributed by atoms with van der Waals surface area (Å²) in [5, 5.41) is 5.03. The number of pyridine rings is 1. The molecule has 0 atom stereocenters. The van der Waals surface area contributed by atoms with Crippen molar-refractivity contribution in [3.8, 4) is 0 Å². The number of benzene rings is 1. The fourth-order valence-electron chi connectivity index (χ4n) is 2.64. The molecule has 0 saturated carbocycles. The number of nitrogens with zero attached hydrogens (tertiary/aromatic N) is 2. The molecule has 102 valence electrons. The number of fused-ring (bicyclic) bond motifs is 3. The smallest absolute Gasteiger partial charge is 0.220 e. The molecular formula is C16H17N3O. The summed E-state index contributed by atoms with van der Waals surface area (Å²) in [5.74, 6) is 0.0753. The molecule has 0 aliphatic carbocycles. The Morgan fingerprint density at radius 1 is 1.25 bits per heavy atom. The molecule has 1 aromatic carbocycles. The fraction of sp³-hybridized carbons (Fsp3) is 0.250. The molecule has 0 radical (unpaired) electrons. The first kappa shape index (κ1) is 12.7. The van der Waals surface area contributed by atoms with Crippen LogP contribution in [0.25, 0.3) is 21.8 Å². The summed E-state index contributed by atoms with van der Waals surface area (Å²) < 4.78 is 2.18. The maximum atomic E-state index is 11.3. The monoisotopic (exact) mass is 267 g/mol. The highest BCUT2D eigenvalue weighted by Crippen LogP contribution is 2.28. The predicted molar refractivity (Wildman–Crippen MR) is 80.6 cm³/mol. The Labute approximate surface area is 117 Å². The highest BCUT2D eigenvalue weighted by Gasteiger charge is 2.09. The summed E-state index contributed by atoms with van der Waals surface area (Å²) in [6.07, 6.45) is 5.00. The number of hydrogen-bond donors (Lipinski definition) is 1.